The molecule has 80 valence electrons. The SMILES string of the molecule is CC(C)(C)/C=C(\CN=[N+]=[N-])c1cccs1. The van der Waals surface area contributed by atoms with E-state index in [4.69, 9.17) is 5.53 Å². The van der Waals surface area contributed by atoms with Gasteiger partial charge in [-0.2, -0.15) is 0 Å². The Morgan fingerprint density at radius 2 is 2.33 bits per heavy atom. The summed E-state index contributed by atoms with van der Waals surface area (Å²) in [4.78, 5) is 3.98. The Kier molecular flexibility index (Phi) is 3.95. The first-order chi connectivity index (χ1) is 7.03. The van der Waals surface area contributed by atoms with E-state index in [1.54, 1.807) is 11.3 Å². The van der Waals surface area contributed by atoms with E-state index in [1.807, 2.05) is 11.4 Å². The normalized spacial score (nSPS) is 12.3. The second kappa shape index (κ2) is 5.01. The zero-order valence-corrected chi connectivity index (χ0v) is 10.1. The number of azide groups is 1. The van der Waals surface area contributed by atoms with Crippen LogP contribution in [0, 0.1) is 5.41 Å². The Bertz CT molecular complexity index is 378. The van der Waals surface area contributed by atoms with Crippen molar-refractivity contribution in [3.63, 3.8) is 0 Å². The van der Waals surface area contributed by atoms with E-state index in [-0.39, 0.29) is 5.41 Å². The highest BCUT2D eigenvalue weighted by Crippen LogP contribution is 2.26. The van der Waals surface area contributed by atoms with Gasteiger partial charge in [0.2, 0.25) is 0 Å². The molecule has 1 aromatic rings. The Morgan fingerprint density at radius 3 is 2.80 bits per heavy atom. The molecule has 3 nitrogen and oxygen atoms in total. The van der Waals surface area contributed by atoms with Crippen LogP contribution in [0.15, 0.2) is 28.7 Å². The fourth-order valence-electron chi connectivity index (χ4n) is 1.29. The van der Waals surface area contributed by atoms with Gasteiger partial charge in [0, 0.05) is 9.79 Å². The number of hydrogen-bond donors (Lipinski definition) is 0. The van der Waals surface area contributed by atoms with Crippen LogP contribution in [0.1, 0.15) is 25.6 Å². The van der Waals surface area contributed by atoms with Crippen molar-refractivity contribution in [3.8, 4) is 0 Å². The lowest BCUT2D eigenvalue weighted by molar-refractivity contribution is 0.545. The molecule has 1 aromatic heterocycles. The van der Waals surface area contributed by atoms with E-state index in [1.165, 1.54) is 4.88 Å². The Morgan fingerprint density at radius 1 is 1.60 bits per heavy atom. The van der Waals surface area contributed by atoms with Crippen LogP contribution in [0.3, 0.4) is 0 Å². The maximum absolute atomic E-state index is 8.35. The summed E-state index contributed by atoms with van der Waals surface area (Å²) in [6, 6.07) is 4.06. The molecular formula is C11H15N3S. The van der Waals surface area contributed by atoms with E-state index in [2.05, 4.69) is 42.9 Å². The zero-order valence-electron chi connectivity index (χ0n) is 9.27. The van der Waals surface area contributed by atoms with Gasteiger partial charge in [-0.25, -0.2) is 0 Å². The molecule has 0 radical (unpaired) electrons. The second-order valence-corrected chi connectivity index (χ2v) is 5.35. The van der Waals surface area contributed by atoms with Crippen molar-refractivity contribution in [1.82, 2.24) is 0 Å². The van der Waals surface area contributed by atoms with Crippen molar-refractivity contribution in [2.45, 2.75) is 20.8 Å². The first kappa shape index (κ1) is 11.8. The molecule has 0 fully saturated rings. The van der Waals surface area contributed by atoms with Crippen molar-refractivity contribution in [3.05, 3.63) is 38.9 Å². The lowest BCUT2D eigenvalue weighted by atomic mass is 9.93. The van der Waals surface area contributed by atoms with Crippen molar-refractivity contribution in [2.24, 2.45) is 10.5 Å². The van der Waals surface area contributed by atoms with Crippen LogP contribution in [-0.4, -0.2) is 6.54 Å². The third-order valence-electron chi connectivity index (χ3n) is 1.75. The summed E-state index contributed by atoms with van der Waals surface area (Å²) >= 11 is 1.67. The highest BCUT2D eigenvalue weighted by atomic mass is 32.1. The van der Waals surface area contributed by atoms with Gasteiger partial charge in [0.05, 0.1) is 6.54 Å². The molecule has 0 aliphatic heterocycles. The zero-order chi connectivity index (χ0) is 11.3. The summed E-state index contributed by atoms with van der Waals surface area (Å²) in [5.74, 6) is 0. The van der Waals surface area contributed by atoms with Crippen molar-refractivity contribution < 1.29 is 0 Å². The van der Waals surface area contributed by atoms with E-state index in [0.717, 1.165) is 5.57 Å². The van der Waals surface area contributed by atoms with Gasteiger partial charge < -0.3 is 0 Å². The van der Waals surface area contributed by atoms with Crippen molar-refractivity contribution in [2.75, 3.05) is 6.54 Å². The molecule has 0 aliphatic carbocycles. The minimum Gasteiger partial charge on any atom is -0.144 e. The van der Waals surface area contributed by atoms with Crippen LogP contribution in [0.2, 0.25) is 0 Å². The van der Waals surface area contributed by atoms with Crippen LogP contribution in [-0.2, 0) is 0 Å². The second-order valence-electron chi connectivity index (χ2n) is 4.40. The predicted octanol–water partition coefficient (Wildman–Crippen LogP) is 4.49. The van der Waals surface area contributed by atoms with Crippen molar-refractivity contribution >= 4 is 16.9 Å². The molecule has 0 spiro atoms. The number of nitrogens with zero attached hydrogens (tertiary/aromatic N) is 3. The molecule has 0 bridgehead atoms. The molecule has 0 atom stereocenters. The highest BCUT2D eigenvalue weighted by Gasteiger charge is 2.10. The van der Waals surface area contributed by atoms with Gasteiger partial charge in [0.15, 0.2) is 0 Å². The Labute approximate surface area is 94.1 Å². The largest absolute Gasteiger partial charge is 0.144 e. The summed E-state index contributed by atoms with van der Waals surface area (Å²) in [6.07, 6.45) is 2.16. The number of rotatable bonds is 3. The van der Waals surface area contributed by atoms with Gasteiger partial charge in [-0.15, -0.1) is 11.3 Å². The minimum atomic E-state index is 0.101. The van der Waals surface area contributed by atoms with Crippen LogP contribution in [0.4, 0.5) is 0 Å². The van der Waals surface area contributed by atoms with Gasteiger partial charge >= 0.3 is 0 Å². The molecule has 15 heavy (non-hydrogen) atoms. The minimum absolute atomic E-state index is 0.101. The highest BCUT2D eigenvalue weighted by molar-refractivity contribution is 7.11. The topological polar surface area (TPSA) is 48.8 Å². The summed E-state index contributed by atoms with van der Waals surface area (Å²) in [6.45, 7) is 6.83. The summed E-state index contributed by atoms with van der Waals surface area (Å²) in [5.41, 5.74) is 9.55. The fraction of sp³-hybridized carbons (Fsp3) is 0.455. The average Bonchev–Trinajstić information content (AvgIpc) is 2.63. The van der Waals surface area contributed by atoms with E-state index in [9.17, 15) is 0 Å². The number of thiophene rings is 1. The number of allylic oxidation sites excluding steroid dienone is 1. The molecule has 1 rings (SSSR count). The quantitative estimate of drug-likeness (QED) is 0.410. The van der Waals surface area contributed by atoms with Gasteiger partial charge in [-0.3, -0.25) is 0 Å². The first-order valence-corrected chi connectivity index (χ1v) is 5.67. The van der Waals surface area contributed by atoms with E-state index < -0.39 is 0 Å². The summed E-state index contributed by atoms with van der Waals surface area (Å²) < 4.78 is 0. The van der Waals surface area contributed by atoms with Crippen LogP contribution >= 0.6 is 11.3 Å². The lowest BCUT2D eigenvalue weighted by Gasteiger charge is -2.14. The average molecular weight is 221 g/mol. The number of hydrogen-bond acceptors (Lipinski definition) is 2. The van der Waals surface area contributed by atoms with Crippen LogP contribution in [0.5, 0.6) is 0 Å². The van der Waals surface area contributed by atoms with E-state index in [0.29, 0.717) is 6.54 Å². The monoisotopic (exact) mass is 221 g/mol. The van der Waals surface area contributed by atoms with Crippen LogP contribution in [0.25, 0.3) is 16.0 Å². The fourth-order valence-corrected chi connectivity index (χ4v) is 2.02. The molecule has 0 saturated carbocycles. The predicted molar refractivity (Wildman–Crippen MR) is 65.8 cm³/mol. The lowest BCUT2D eigenvalue weighted by Crippen LogP contribution is -2.02. The maximum atomic E-state index is 8.35. The Hall–Kier alpha value is -1.25. The van der Waals surface area contributed by atoms with Gasteiger partial charge in [-0.1, -0.05) is 38.0 Å². The molecule has 0 amide bonds. The third-order valence-corrected chi connectivity index (χ3v) is 2.69. The molecule has 0 aliphatic rings. The molecular weight excluding hydrogens is 206 g/mol. The Balaban J connectivity index is 2.98. The standard InChI is InChI=1S/C11H15N3S/c1-11(2,3)7-9(8-13-14-12)10-5-4-6-15-10/h4-7H,8H2,1-3H3/b9-7+. The molecule has 0 unspecified atom stereocenters. The van der Waals surface area contributed by atoms with Gasteiger partial charge in [-0.05, 0) is 28.0 Å². The van der Waals surface area contributed by atoms with Crippen LogP contribution < -0.4 is 0 Å². The van der Waals surface area contributed by atoms with Gasteiger partial charge in [0.25, 0.3) is 0 Å². The van der Waals surface area contributed by atoms with Gasteiger partial charge in [0.1, 0.15) is 0 Å². The third kappa shape index (κ3) is 4.19. The summed E-state index contributed by atoms with van der Waals surface area (Å²) in [7, 11) is 0. The maximum Gasteiger partial charge on any atom is 0.0521 e. The van der Waals surface area contributed by atoms with Crippen molar-refractivity contribution in [1.29, 1.82) is 0 Å². The molecule has 1 heterocycles. The molecule has 4 heteroatoms. The molecule has 0 saturated heterocycles. The summed E-state index contributed by atoms with van der Waals surface area (Å²) in [5, 5.41) is 5.66. The first-order valence-electron chi connectivity index (χ1n) is 4.79. The van der Waals surface area contributed by atoms with E-state index >= 15 is 0 Å². The molecule has 0 aromatic carbocycles. The molecule has 0 N–H and O–H groups in total. The smallest absolute Gasteiger partial charge is 0.0521 e.